The standard InChI is InChI=1S/C13H20N2O3/c1-9(2)17-13-11(14)3-4-12(15-13)18-10-5-7-16-8-6-10/h3-4,9-10H,5-8,14H2,1-2H3. The molecule has 0 radical (unpaired) electrons. The molecule has 100 valence electrons. The van der Waals surface area contributed by atoms with E-state index in [-0.39, 0.29) is 12.2 Å². The predicted molar refractivity (Wildman–Crippen MR) is 68.9 cm³/mol. The van der Waals surface area contributed by atoms with Crippen LogP contribution in [0.5, 0.6) is 11.8 Å². The average molecular weight is 252 g/mol. The van der Waals surface area contributed by atoms with Crippen LogP contribution in [0.1, 0.15) is 26.7 Å². The Labute approximate surface area is 107 Å². The Balaban J connectivity index is 2.03. The molecule has 2 N–H and O–H groups in total. The van der Waals surface area contributed by atoms with E-state index in [0.29, 0.717) is 17.4 Å². The zero-order valence-electron chi connectivity index (χ0n) is 10.9. The van der Waals surface area contributed by atoms with Crippen molar-refractivity contribution < 1.29 is 14.2 Å². The van der Waals surface area contributed by atoms with Gasteiger partial charge < -0.3 is 19.9 Å². The van der Waals surface area contributed by atoms with E-state index in [2.05, 4.69) is 4.98 Å². The maximum Gasteiger partial charge on any atom is 0.240 e. The van der Waals surface area contributed by atoms with Crippen molar-refractivity contribution in [2.24, 2.45) is 0 Å². The molecule has 0 atom stereocenters. The zero-order chi connectivity index (χ0) is 13.0. The highest BCUT2D eigenvalue weighted by Crippen LogP contribution is 2.25. The molecule has 1 saturated heterocycles. The maximum absolute atomic E-state index is 5.81. The first kappa shape index (κ1) is 13.0. The largest absolute Gasteiger partial charge is 0.474 e. The number of ether oxygens (including phenoxy) is 3. The molecule has 2 heterocycles. The van der Waals surface area contributed by atoms with Crippen molar-refractivity contribution in [2.75, 3.05) is 18.9 Å². The highest BCUT2D eigenvalue weighted by atomic mass is 16.5. The molecule has 1 fully saturated rings. The van der Waals surface area contributed by atoms with Gasteiger partial charge in [-0.2, -0.15) is 4.98 Å². The number of hydrogen-bond donors (Lipinski definition) is 1. The number of nitrogens with two attached hydrogens (primary N) is 1. The summed E-state index contributed by atoms with van der Waals surface area (Å²) in [7, 11) is 0. The SMILES string of the molecule is CC(C)Oc1nc(OC2CCOCC2)ccc1N. The van der Waals surface area contributed by atoms with Crippen LogP contribution < -0.4 is 15.2 Å². The minimum Gasteiger partial charge on any atom is -0.474 e. The van der Waals surface area contributed by atoms with E-state index < -0.39 is 0 Å². The van der Waals surface area contributed by atoms with Gasteiger partial charge in [-0.05, 0) is 19.9 Å². The number of rotatable bonds is 4. The fourth-order valence-corrected chi connectivity index (χ4v) is 1.78. The van der Waals surface area contributed by atoms with Crippen molar-refractivity contribution in [3.8, 4) is 11.8 Å². The van der Waals surface area contributed by atoms with Crippen molar-refractivity contribution in [2.45, 2.75) is 38.9 Å². The molecular weight excluding hydrogens is 232 g/mol. The molecule has 0 bridgehead atoms. The summed E-state index contributed by atoms with van der Waals surface area (Å²) in [6.07, 6.45) is 2.00. The molecule has 0 aromatic carbocycles. The Morgan fingerprint density at radius 3 is 2.72 bits per heavy atom. The van der Waals surface area contributed by atoms with Gasteiger partial charge in [0, 0.05) is 18.9 Å². The van der Waals surface area contributed by atoms with E-state index in [9.17, 15) is 0 Å². The van der Waals surface area contributed by atoms with E-state index in [1.165, 1.54) is 0 Å². The minimum absolute atomic E-state index is 0.0399. The summed E-state index contributed by atoms with van der Waals surface area (Å²) in [5, 5.41) is 0. The first-order valence-corrected chi connectivity index (χ1v) is 6.32. The lowest BCUT2D eigenvalue weighted by molar-refractivity contribution is 0.0234. The van der Waals surface area contributed by atoms with Crippen molar-refractivity contribution in [3.63, 3.8) is 0 Å². The van der Waals surface area contributed by atoms with Gasteiger partial charge in [-0.3, -0.25) is 0 Å². The van der Waals surface area contributed by atoms with Gasteiger partial charge in [-0.1, -0.05) is 0 Å². The minimum atomic E-state index is 0.0399. The third kappa shape index (κ3) is 3.50. The fourth-order valence-electron chi connectivity index (χ4n) is 1.78. The first-order chi connectivity index (χ1) is 8.65. The smallest absolute Gasteiger partial charge is 0.240 e. The lowest BCUT2D eigenvalue weighted by Crippen LogP contribution is -2.26. The Morgan fingerprint density at radius 1 is 1.33 bits per heavy atom. The topological polar surface area (TPSA) is 66.6 Å². The summed E-state index contributed by atoms with van der Waals surface area (Å²) in [5.41, 5.74) is 6.34. The second kappa shape index (κ2) is 5.91. The molecule has 1 aromatic heterocycles. The van der Waals surface area contributed by atoms with Crippen molar-refractivity contribution in [1.82, 2.24) is 4.98 Å². The van der Waals surface area contributed by atoms with Gasteiger partial charge >= 0.3 is 0 Å². The Hall–Kier alpha value is -1.49. The van der Waals surface area contributed by atoms with Gasteiger partial charge in [0.2, 0.25) is 11.8 Å². The van der Waals surface area contributed by atoms with Crippen LogP contribution in [0.15, 0.2) is 12.1 Å². The van der Waals surface area contributed by atoms with Gasteiger partial charge in [0.1, 0.15) is 6.10 Å². The zero-order valence-corrected chi connectivity index (χ0v) is 10.9. The summed E-state index contributed by atoms with van der Waals surface area (Å²) in [4.78, 5) is 4.30. The van der Waals surface area contributed by atoms with Crippen molar-refractivity contribution in [3.05, 3.63) is 12.1 Å². The molecule has 0 unspecified atom stereocenters. The molecule has 1 aliphatic heterocycles. The van der Waals surface area contributed by atoms with Crippen LogP contribution in [0, 0.1) is 0 Å². The third-order valence-corrected chi connectivity index (χ3v) is 2.67. The van der Waals surface area contributed by atoms with Crippen LogP contribution in [-0.4, -0.2) is 30.4 Å². The molecule has 0 saturated carbocycles. The van der Waals surface area contributed by atoms with Gasteiger partial charge in [-0.15, -0.1) is 0 Å². The van der Waals surface area contributed by atoms with E-state index in [1.807, 2.05) is 13.8 Å². The molecule has 5 nitrogen and oxygen atoms in total. The molecule has 1 aliphatic rings. The third-order valence-electron chi connectivity index (χ3n) is 2.67. The van der Waals surface area contributed by atoms with E-state index >= 15 is 0 Å². The fraction of sp³-hybridized carbons (Fsp3) is 0.615. The first-order valence-electron chi connectivity index (χ1n) is 6.32. The summed E-state index contributed by atoms with van der Waals surface area (Å²) < 4.78 is 16.6. The van der Waals surface area contributed by atoms with Crippen molar-refractivity contribution in [1.29, 1.82) is 0 Å². The number of nitrogens with zero attached hydrogens (tertiary/aromatic N) is 1. The van der Waals surface area contributed by atoms with E-state index in [4.69, 9.17) is 19.9 Å². The van der Waals surface area contributed by atoms with Gasteiger partial charge in [0.05, 0.1) is 25.0 Å². The predicted octanol–water partition coefficient (Wildman–Crippen LogP) is 2.01. The number of anilines is 1. The lowest BCUT2D eigenvalue weighted by Gasteiger charge is -2.23. The Bertz CT molecular complexity index is 390. The number of nitrogen functional groups attached to an aromatic ring is 1. The van der Waals surface area contributed by atoms with Crippen LogP contribution >= 0.6 is 0 Å². The summed E-state index contributed by atoms with van der Waals surface area (Å²) in [6, 6.07) is 3.54. The van der Waals surface area contributed by atoms with Crippen molar-refractivity contribution >= 4 is 5.69 Å². The van der Waals surface area contributed by atoms with Gasteiger partial charge in [-0.25, -0.2) is 0 Å². The van der Waals surface area contributed by atoms with Gasteiger partial charge in [0.15, 0.2) is 0 Å². The summed E-state index contributed by atoms with van der Waals surface area (Å²) in [6.45, 7) is 5.37. The molecule has 0 spiro atoms. The monoisotopic (exact) mass is 252 g/mol. The highest BCUT2D eigenvalue weighted by Gasteiger charge is 2.16. The van der Waals surface area contributed by atoms with Crippen LogP contribution in [0.4, 0.5) is 5.69 Å². The van der Waals surface area contributed by atoms with Crippen LogP contribution in [-0.2, 0) is 4.74 Å². The molecule has 5 heteroatoms. The number of pyridine rings is 1. The number of hydrogen-bond acceptors (Lipinski definition) is 5. The highest BCUT2D eigenvalue weighted by molar-refractivity contribution is 5.49. The maximum atomic E-state index is 5.81. The summed E-state index contributed by atoms with van der Waals surface area (Å²) in [5.74, 6) is 1.00. The van der Waals surface area contributed by atoms with Crippen LogP contribution in [0.25, 0.3) is 0 Å². The molecule has 2 rings (SSSR count). The van der Waals surface area contributed by atoms with Crippen LogP contribution in [0.2, 0.25) is 0 Å². The molecule has 1 aromatic rings. The Morgan fingerprint density at radius 2 is 2.06 bits per heavy atom. The second-order valence-electron chi connectivity index (χ2n) is 4.64. The Kier molecular flexibility index (Phi) is 4.25. The van der Waals surface area contributed by atoms with E-state index in [1.54, 1.807) is 12.1 Å². The molecular formula is C13H20N2O3. The average Bonchev–Trinajstić information content (AvgIpc) is 2.34. The second-order valence-corrected chi connectivity index (χ2v) is 4.64. The quantitative estimate of drug-likeness (QED) is 0.887. The lowest BCUT2D eigenvalue weighted by atomic mass is 10.1. The molecule has 18 heavy (non-hydrogen) atoms. The molecule has 0 aliphatic carbocycles. The van der Waals surface area contributed by atoms with Gasteiger partial charge in [0.25, 0.3) is 0 Å². The van der Waals surface area contributed by atoms with Crippen LogP contribution in [0.3, 0.4) is 0 Å². The normalized spacial score (nSPS) is 16.8. The molecule has 0 amide bonds. The summed E-state index contributed by atoms with van der Waals surface area (Å²) >= 11 is 0. The van der Waals surface area contributed by atoms with E-state index in [0.717, 1.165) is 26.1 Å². The number of aromatic nitrogens is 1.